The lowest BCUT2D eigenvalue weighted by Gasteiger charge is -2.07. The molecular weight excluding hydrogens is 486 g/mol. The second-order valence-electron chi connectivity index (χ2n) is 6.85. The Bertz CT molecular complexity index is 1320. The predicted molar refractivity (Wildman–Crippen MR) is 129 cm³/mol. The Morgan fingerprint density at radius 2 is 1.76 bits per heavy atom. The van der Waals surface area contributed by atoms with Crippen LogP contribution in [0.1, 0.15) is 15.9 Å². The number of hydrogen-bond donors (Lipinski definition) is 1. The number of amides is 1. The van der Waals surface area contributed by atoms with Crippen LogP contribution >= 0.6 is 15.9 Å². The highest BCUT2D eigenvalue weighted by atomic mass is 79.9. The first-order chi connectivity index (χ1) is 16.1. The molecule has 0 saturated carbocycles. The van der Waals surface area contributed by atoms with Gasteiger partial charge in [0.2, 0.25) is 0 Å². The molecule has 0 radical (unpaired) electrons. The van der Waals surface area contributed by atoms with Crippen molar-refractivity contribution >= 4 is 44.9 Å². The summed E-state index contributed by atoms with van der Waals surface area (Å²) >= 11 is 3.33. The molecule has 3 aromatic carbocycles. The molecule has 0 unspecified atom stereocenters. The smallest absolute Gasteiger partial charge is 0.344 e. The summed E-state index contributed by atoms with van der Waals surface area (Å²) in [5.74, 6) is 0.0599. The van der Waals surface area contributed by atoms with E-state index in [-0.39, 0.29) is 6.61 Å². The monoisotopic (exact) mass is 503 g/mol. The number of nitrogens with zero attached hydrogens (tertiary/aromatic N) is 2. The molecule has 0 atom stereocenters. The van der Waals surface area contributed by atoms with E-state index in [1.165, 1.54) is 6.21 Å². The number of nitrogens with one attached hydrogen (secondary N) is 1. The molecule has 1 amide bonds. The largest absolute Gasteiger partial charge is 0.481 e. The lowest BCUT2D eigenvalue weighted by Crippen LogP contribution is -2.24. The number of ether oxygens (including phenoxy) is 2. The van der Waals surface area contributed by atoms with Gasteiger partial charge < -0.3 is 9.47 Å². The number of pyridine rings is 1. The summed E-state index contributed by atoms with van der Waals surface area (Å²) in [6, 6.07) is 23.1. The molecule has 1 N–H and O–H groups in total. The molecule has 0 saturated heterocycles. The molecule has 0 aliphatic rings. The topological polar surface area (TPSA) is 89.9 Å². The maximum absolute atomic E-state index is 12.3. The average Bonchev–Trinajstić information content (AvgIpc) is 2.84. The Balaban J connectivity index is 1.28. The zero-order chi connectivity index (χ0) is 23.0. The molecule has 8 heteroatoms. The highest BCUT2D eigenvalue weighted by molar-refractivity contribution is 9.10. The lowest BCUT2D eigenvalue weighted by molar-refractivity contribution is -0.123. The Kier molecular flexibility index (Phi) is 7.06. The van der Waals surface area contributed by atoms with Crippen LogP contribution in [0.3, 0.4) is 0 Å². The summed E-state index contributed by atoms with van der Waals surface area (Å²) in [7, 11) is 0. The van der Waals surface area contributed by atoms with Crippen molar-refractivity contribution in [3.63, 3.8) is 0 Å². The fraction of sp³-hybridized carbons (Fsp3) is 0.0400. The minimum atomic E-state index is -0.461. The van der Waals surface area contributed by atoms with E-state index in [1.54, 1.807) is 54.7 Å². The normalized spacial score (nSPS) is 10.8. The first kappa shape index (κ1) is 22.2. The molecule has 1 heterocycles. The quantitative estimate of drug-likeness (QED) is 0.170. The van der Waals surface area contributed by atoms with Gasteiger partial charge in [-0.25, -0.2) is 10.2 Å². The number of esters is 1. The fourth-order valence-electron chi connectivity index (χ4n) is 2.96. The predicted octanol–water partition coefficient (Wildman–Crippen LogP) is 4.75. The van der Waals surface area contributed by atoms with E-state index in [9.17, 15) is 9.59 Å². The number of benzene rings is 3. The number of carbonyl (C=O) groups is 2. The molecule has 0 bridgehead atoms. The molecule has 33 heavy (non-hydrogen) atoms. The highest BCUT2D eigenvalue weighted by Gasteiger charge is 2.11. The van der Waals surface area contributed by atoms with E-state index < -0.39 is 11.9 Å². The summed E-state index contributed by atoms with van der Waals surface area (Å²) in [5.41, 5.74) is 4.27. The molecule has 1 aromatic heterocycles. The van der Waals surface area contributed by atoms with Crippen LogP contribution in [-0.2, 0) is 4.79 Å². The van der Waals surface area contributed by atoms with Gasteiger partial charge in [0.1, 0.15) is 17.0 Å². The van der Waals surface area contributed by atoms with E-state index in [1.807, 2.05) is 30.3 Å². The summed E-state index contributed by atoms with van der Waals surface area (Å²) in [6.45, 7) is -0.197. The average molecular weight is 504 g/mol. The third-order valence-corrected chi connectivity index (χ3v) is 5.23. The number of halogens is 1. The fourth-order valence-corrected chi connectivity index (χ4v) is 3.40. The minimum Gasteiger partial charge on any atom is -0.481 e. The van der Waals surface area contributed by atoms with Gasteiger partial charge in [0, 0.05) is 16.1 Å². The summed E-state index contributed by atoms with van der Waals surface area (Å²) < 4.78 is 11.6. The van der Waals surface area contributed by atoms with E-state index in [2.05, 4.69) is 31.4 Å². The second kappa shape index (κ2) is 10.5. The van der Waals surface area contributed by atoms with Crippen LogP contribution in [-0.4, -0.2) is 29.7 Å². The maximum atomic E-state index is 12.3. The number of para-hydroxylation sites is 1. The first-order valence-corrected chi connectivity index (χ1v) is 10.7. The van der Waals surface area contributed by atoms with Crippen LogP contribution in [0.2, 0.25) is 0 Å². The summed E-state index contributed by atoms with van der Waals surface area (Å²) in [5, 5.41) is 4.86. The van der Waals surface area contributed by atoms with Gasteiger partial charge >= 0.3 is 5.97 Å². The molecule has 4 aromatic rings. The van der Waals surface area contributed by atoms with E-state index in [0.29, 0.717) is 27.1 Å². The van der Waals surface area contributed by atoms with Crippen LogP contribution in [0.15, 0.2) is 94.6 Å². The third-order valence-electron chi connectivity index (χ3n) is 4.54. The summed E-state index contributed by atoms with van der Waals surface area (Å²) in [4.78, 5) is 28.6. The molecule has 0 fully saturated rings. The maximum Gasteiger partial charge on any atom is 0.344 e. The van der Waals surface area contributed by atoms with Crippen molar-refractivity contribution in [2.45, 2.75) is 0 Å². The van der Waals surface area contributed by atoms with Crippen molar-refractivity contribution in [1.82, 2.24) is 10.4 Å². The van der Waals surface area contributed by atoms with Crippen molar-refractivity contribution in [1.29, 1.82) is 0 Å². The van der Waals surface area contributed by atoms with Crippen LogP contribution in [0.4, 0.5) is 0 Å². The molecular formula is C25H18BrN3O4. The molecule has 0 aliphatic carbocycles. The first-order valence-electron chi connectivity index (χ1n) is 9.95. The van der Waals surface area contributed by atoms with Gasteiger partial charge in [-0.05, 0) is 70.0 Å². The molecule has 164 valence electrons. The Morgan fingerprint density at radius 3 is 2.58 bits per heavy atom. The zero-order valence-electron chi connectivity index (χ0n) is 17.3. The van der Waals surface area contributed by atoms with Crippen molar-refractivity contribution in [3.05, 3.63) is 101 Å². The second-order valence-corrected chi connectivity index (χ2v) is 7.71. The standard InChI is InChI=1S/C25H18BrN3O4/c26-21-8-2-1-7-20(21)25(31)33-19-12-10-17(11-13-19)15-28-29-23(30)16-32-22-9-3-5-18-6-4-14-27-24(18)22/h1-15H,16H2,(H,29,30)/b28-15-. The van der Waals surface area contributed by atoms with Gasteiger partial charge in [0.25, 0.3) is 5.91 Å². The number of hydrazone groups is 1. The lowest BCUT2D eigenvalue weighted by atomic mass is 10.2. The van der Waals surface area contributed by atoms with E-state index in [4.69, 9.17) is 9.47 Å². The van der Waals surface area contributed by atoms with Gasteiger partial charge in [-0.1, -0.05) is 30.3 Å². The van der Waals surface area contributed by atoms with Crippen molar-refractivity contribution in [3.8, 4) is 11.5 Å². The van der Waals surface area contributed by atoms with Gasteiger partial charge in [-0.15, -0.1) is 0 Å². The molecule has 4 rings (SSSR count). The van der Waals surface area contributed by atoms with Crippen molar-refractivity contribution in [2.24, 2.45) is 5.10 Å². The van der Waals surface area contributed by atoms with Crippen LogP contribution < -0.4 is 14.9 Å². The van der Waals surface area contributed by atoms with Gasteiger partial charge in [-0.3, -0.25) is 9.78 Å². The van der Waals surface area contributed by atoms with E-state index >= 15 is 0 Å². The van der Waals surface area contributed by atoms with Crippen LogP contribution in [0.5, 0.6) is 11.5 Å². The number of fused-ring (bicyclic) bond motifs is 1. The van der Waals surface area contributed by atoms with E-state index in [0.717, 1.165) is 10.9 Å². The number of hydrogen-bond acceptors (Lipinski definition) is 6. The highest BCUT2D eigenvalue weighted by Crippen LogP contribution is 2.23. The Morgan fingerprint density at radius 1 is 0.970 bits per heavy atom. The Hall–Kier alpha value is -4.04. The van der Waals surface area contributed by atoms with Crippen molar-refractivity contribution in [2.75, 3.05) is 6.61 Å². The minimum absolute atomic E-state index is 0.197. The van der Waals surface area contributed by atoms with Crippen LogP contribution in [0.25, 0.3) is 10.9 Å². The van der Waals surface area contributed by atoms with Gasteiger partial charge in [-0.2, -0.15) is 5.10 Å². The van der Waals surface area contributed by atoms with Gasteiger partial charge in [0.05, 0.1) is 11.8 Å². The summed E-state index contributed by atoms with van der Waals surface area (Å²) in [6.07, 6.45) is 3.16. The van der Waals surface area contributed by atoms with Gasteiger partial charge in [0.15, 0.2) is 6.61 Å². The van der Waals surface area contributed by atoms with Crippen LogP contribution in [0, 0.1) is 0 Å². The Labute approximate surface area is 198 Å². The molecule has 0 aliphatic heterocycles. The molecule has 0 spiro atoms. The number of rotatable bonds is 7. The third kappa shape index (κ3) is 5.81. The molecule has 7 nitrogen and oxygen atoms in total. The number of aromatic nitrogens is 1. The van der Waals surface area contributed by atoms with Crippen molar-refractivity contribution < 1.29 is 19.1 Å². The number of carbonyl (C=O) groups excluding carboxylic acids is 2. The SMILES string of the molecule is O=C(COc1cccc2cccnc12)N/N=C\c1ccc(OC(=O)c2ccccc2Br)cc1. The zero-order valence-corrected chi connectivity index (χ0v) is 18.9.